The fraction of sp³-hybridized carbons (Fsp3) is 0.115. The number of para-hydroxylation sites is 2. The molecule has 0 radical (unpaired) electrons. The molecular formula is C26H22FN5OS. The summed E-state index contributed by atoms with van der Waals surface area (Å²) < 4.78 is 15.8. The van der Waals surface area contributed by atoms with Crippen LogP contribution in [0.5, 0.6) is 0 Å². The molecule has 0 atom stereocenters. The first-order valence-corrected chi connectivity index (χ1v) is 11.8. The highest BCUT2D eigenvalue weighted by Gasteiger charge is 2.20. The summed E-state index contributed by atoms with van der Waals surface area (Å²) in [7, 11) is 0. The van der Waals surface area contributed by atoms with Gasteiger partial charge in [0.05, 0.1) is 11.4 Å². The first-order chi connectivity index (χ1) is 16.6. The number of hydrogen-bond donors (Lipinski definition) is 2. The van der Waals surface area contributed by atoms with E-state index in [4.69, 9.17) is 0 Å². The number of nitrogens with zero attached hydrogens (tertiary/aromatic N) is 3. The van der Waals surface area contributed by atoms with E-state index in [1.165, 1.54) is 17.8 Å². The standard InChI is InChI=1S/C26H22FN5OS/c1-17-8-2-7-13-23(17)32-25(20-15-28-22-12-6-4-10-19(20)22)30-31-26(32)34-16-24(33)29-14-18-9-3-5-11-21(18)27/h2-13,15,28H,14,16H2,1H3,(H,29,33). The average Bonchev–Trinajstić information content (AvgIpc) is 3.46. The zero-order chi connectivity index (χ0) is 23.5. The van der Waals surface area contributed by atoms with Crippen LogP contribution >= 0.6 is 11.8 Å². The maximum absolute atomic E-state index is 13.8. The minimum Gasteiger partial charge on any atom is -0.360 e. The lowest BCUT2D eigenvalue weighted by Gasteiger charge is -2.12. The Labute approximate surface area is 200 Å². The Bertz CT molecular complexity index is 1480. The predicted molar refractivity (Wildman–Crippen MR) is 132 cm³/mol. The highest BCUT2D eigenvalue weighted by molar-refractivity contribution is 7.99. The van der Waals surface area contributed by atoms with E-state index in [-0.39, 0.29) is 24.0 Å². The summed E-state index contributed by atoms with van der Waals surface area (Å²) in [5.74, 6) is 0.284. The van der Waals surface area contributed by atoms with E-state index < -0.39 is 0 Å². The molecular weight excluding hydrogens is 449 g/mol. The third kappa shape index (κ3) is 4.32. The van der Waals surface area contributed by atoms with Crippen molar-refractivity contribution in [2.75, 3.05) is 5.75 Å². The van der Waals surface area contributed by atoms with Crippen LogP contribution in [0.4, 0.5) is 4.39 Å². The van der Waals surface area contributed by atoms with Gasteiger partial charge in [-0.15, -0.1) is 10.2 Å². The molecule has 0 unspecified atom stereocenters. The Balaban J connectivity index is 1.43. The molecule has 5 aromatic rings. The monoisotopic (exact) mass is 471 g/mol. The molecule has 6 nitrogen and oxygen atoms in total. The molecule has 0 saturated heterocycles. The van der Waals surface area contributed by atoms with Crippen LogP contribution in [0.15, 0.2) is 84.1 Å². The zero-order valence-corrected chi connectivity index (χ0v) is 19.3. The largest absolute Gasteiger partial charge is 0.360 e. The van der Waals surface area contributed by atoms with E-state index in [1.54, 1.807) is 18.2 Å². The van der Waals surface area contributed by atoms with E-state index in [1.807, 2.05) is 66.2 Å². The molecule has 0 bridgehead atoms. The van der Waals surface area contributed by atoms with Gasteiger partial charge in [-0.1, -0.05) is 66.4 Å². The van der Waals surface area contributed by atoms with Crippen molar-refractivity contribution >= 4 is 28.6 Å². The number of fused-ring (bicyclic) bond motifs is 1. The predicted octanol–water partition coefficient (Wildman–Crippen LogP) is 5.27. The molecule has 2 N–H and O–H groups in total. The Hall–Kier alpha value is -3.91. The van der Waals surface area contributed by atoms with Gasteiger partial charge in [-0.25, -0.2) is 4.39 Å². The fourth-order valence-electron chi connectivity index (χ4n) is 3.84. The lowest BCUT2D eigenvalue weighted by molar-refractivity contribution is -0.118. The van der Waals surface area contributed by atoms with Gasteiger partial charge in [0.2, 0.25) is 5.91 Å². The Kier molecular flexibility index (Phi) is 6.14. The van der Waals surface area contributed by atoms with Crippen LogP contribution in [-0.4, -0.2) is 31.4 Å². The molecule has 2 aromatic heterocycles. The summed E-state index contributed by atoms with van der Waals surface area (Å²) in [6.07, 6.45) is 1.93. The molecule has 34 heavy (non-hydrogen) atoms. The van der Waals surface area contributed by atoms with E-state index >= 15 is 0 Å². The Morgan fingerprint density at radius 2 is 1.79 bits per heavy atom. The van der Waals surface area contributed by atoms with Crippen molar-refractivity contribution in [1.82, 2.24) is 25.1 Å². The number of hydrogen-bond acceptors (Lipinski definition) is 4. The van der Waals surface area contributed by atoms with Crippen LogP contribution in [0.3, 0.4) is 0 Å². The normalized spacial score (nSPS) is 11.1. The highest BCUT2D eigenvalue weighted by Crippen LogP contribution is 2.33. The topological polar surface area (TPSA) is 75.6 Å². The van der Waals surface area contributed by atoms with Crippen molar-refractivity contribution in [2.45, 2.75) is 18.6 Å². The first-order valence-electron chi connectivity index (χ1n) is 10.8. The van der Waals surface area contributed by atoms with Crippen molar-refractivity contribution in [3.63, 3.8) is 0 Å². The van der Waals surface area contributed by atoms with Crippen molar-refractivity contribution in [3.05, 3.63) is 95.9 Å². The molecule has 0 aliphatic carbocycles. The quantitative estimate of drug-likeness (QED) is 0.317. The van der Waals surface area contributed by atoms with E-state index in [0.717, 1.165) is 27.7 Å². The van der Waals surface area contributed by atoms with Crippen LogP contribution in [0, 0.1) is 12.7 Å². The number of carbonyl (C=O) groups excluding carboxylic acids is 1. The zero-order valence-electron chi connectivity index (χ0n) is 18.5. The number of carbonyl (C=O) groups is 1. The number of aromatic nitrogens is 4. The van der Waals surface area contributed by atoms with Gasteiger partial charge < -0.3 is 10.3 Å². The number of benzene rings is 3. The van der Waals surface area contributed by atoms with Crippen molar-refractivity contribution < 1.29 is 9.18 Å². The molecule has 2 heterocycles. The molecule has 0 fully saturated rings. The molecule has 8 heteroatoms. The van der Waals surface area contributed by atoms with Crippen LogP contribution in [0.2, 0.25) is 0 Å². The van der Waals surface area contributed by atoms with Gasteiger partial charge in [0.1, 0.15) is 5.82 Å². The average molecular weight is 472 g/mol. The van der Waals surface area contributed by atoms with Gasteiger partial charge in [-0.3, -0.25) is 9.36 Å². The van der Waals surface area contributed by atoms with Gasteiger partial charge in [-0.05, 0) is 30.7 Å². The fourth-order valence-corrected chi connectivity index (χ4v) is 4.62. The lowest BCUT2D eigenvalue weighted by Crippen LogP contribution is -2.25. The molecule has 0 aliphatic rings. The Morgan fingerprint density at radius 1 is 1.03 bits per heavy atom. The third-order valence-corrected chi connectivity index (χ3v) is 6.52. The molecule has 0 aliphatic heterocycles. The van der Waals surface area contributed by atoms with E-state index in [9.17, 15) is 9.18 Å². The van der Waals surface area contributed by atoms with Crippen LogP contribution in [-0.2, 0) is 11.3 Å². The number of rotatable bonds is 7. The number of aryl methyl sites for hydroxylation is 1. The minimum absolute atomic E-state index is 0.131. The molecule has 5 rings (SSSR count). The molecule has 0 saturated carbocycles. The molecule has 1 amide bonds. The second-order valence-electron chi connectivity index (χ2n) is 7.83. The van der Waals surface area contributed by atoms with Gasteiger partial charge in [-0.2, -0.15) is 0 Å². The summed E-state index contributed by atoms with van der Waals surface area (Å²) in [5.41, 5.74) is 4.41. The summed E-state index contributed by atoms with van der Waals surface area (Å²) in [6.45, 7) is 2.17. The van der Waals surface area contributed by atoms with Crippen LogP contribution in [0.25, 0.3) is 28.0 Å². The highest BCUT2D eigenvalue weighted by atomic mass is 32.2. The van der Waals surface area contributed by atoms with Crippen molar-refractivity contribution in [1.29, 1.82) is 0 Å². The van der Waals surface area contributed by atoms with Gasteiger partial charge in [0.25, 0.3) is 0 Å². The minimum atomic E-state index is -0.335. The van der Waals surface area contributed by atoms with E-state index in [2.05, 4.69) is 20.5 Å². The first kappa shape index (κ1) is 21.9. The number of H-pyrrole nitrogens is 1. The van der Waals surface area contributed by atoms with Crippen LogP contribution < -0.4 is 5.32 Å². The number of aromatic amines is 1. The second kappa shape index (κ2) is 9.52. The van der Waals surface area contributed by atoms with Crippen molar-refractivity contribution in [3.8, 4) is 17.1 Å². The van der Waals surface area contributed by atoms with Gasteiger partial charge >= 0.3 is 0 Å². The summed E-state index contributed by atoms with van der Waals surface area (Å²) in [4.78, 5) is 15.8. The number of thioether (sulfide) groups is 1. The molecule has 3 aromatic carbocycles. The molecule has 0 spiro atoms. The summed E-state index contributed by atoms with van der Waals surface area (Å²) >= 11 is 1.29. The van der Waals surface area contributed by atoms with Gasteiger partial charge in [0, 0.05) is 34.8 Å². The summed E-state index contributed by atoms with van der Waals surface area (Å²) in [6, 6.07) is 22.4. The Morgan fingerprint density at radius 3 is 2.65 bits per heavy atom. The van der Waals surface area contributed by atoms with Crippen LogP contribution in [0.1, 0.15) is 11.1 Å². The third-order valence-electron chi connectivity index (χ3n) is 5.59. The number of nitrogens with one attached hydrogen (secondary N) is 2. The lowest BCUT2D eigenvalue weighted by atomic mass is 10.1. The maximum Gasteiger partial charge on any atom is 0.230 e. The van der Waals surface area contributed by atoms with Crippen molar-refractivity contribution in [2.24, 2.45) is 0 Å². The SMILES string of the molecule is Cc1ccccc1-n1c(SCC(=O)NCc2ccccc2F)nnc1-c1c[nH]c2ccccc12. The maximum atomic E-state index is 13.8. The van der Waals surface area contributed by atoms with E-state index in [0.29, 0.717) is 16.5 Å². The number of halogens is 1. The molecule has 170 valence electrons. The number of amides is 1. The van der Waals surface area contributed by atoms with Gasteiger partial charge in [0.15, 0.2) is 11.0 Å². The smallest absolute Gasteiger partial charge is 0.230 e. The summed E-state index contributed by atoms with van der Waals surface area (Å²) in [5, 5.41) is 13.4. The second-order valence-corrected chi connectivity index (χ2v) is 8.78.